The molecule has 0 saturated heterocycles. The maximum atomic E-state index is 13.1. The molecule has 0 saturated carbocycles. The first kappa shape index (κ1) is 97.1. The smallest absolute Gasteiger partial charge is 0.462 e. The summed E-state index contributed by atoms with van der Waals surface area (Å²) in [5.74, 6) is -0.587. The molecule has 0 amide bonds. The van der Waals surface area contributed by atoms with E-state index >= 15 is 0 Å². The van der Waals surface area contributed by atoms with E-state index in [2.05, 4.69) is 41.5 Å². The van der Waals surface area contributed by atoms with E-state index in [0.717, 1.165) is 108 Å². The van der Waals surface area contributed by atoms with E-state index in [1.54, 1.807) is 0 Å². The van der Waals surface area contributed by atoms with Crippen molar-refractivity contribution in [1.82, 2.24) is 0 Å². The highest BCUT2D eigenvalue weighted by Crippen LogP contribution is 2.45. The molecule has 0 aromatic rings. The Hall–Kier alpha value is -1.94. The topological polar surface area (TPSA) is 237 Å². The van der Waals surface area contributed by atoms with Crippen LogP contribution in [-0.2, 0) is 65.4 Å². The molecule has 0 aromatic heterocycles. The zero-order valence-corrected chi connectivity index (χ0v) is 66.6. The number of hydrogen-bond acceptors (Lipinski definition) is 15. The number of ether oxygens (including phenoxy) is 4. The van der Waals surface area contributed by atoms with E-state index < -0.39 is 97.5 Å². The molecule has 0 heterocycles. The Morgan fingerprint density at radius 2 is 0.515 bits per heavy atom. The summed E-state index contributed by atoms with van der Waals surface area (Å²) in [4.78, 5) is 73.0. The number of rotatable bonds is 79. The normalized spacial score (nSPS) is 14.2. The number of carbonyl (C=O) groups excluding carboxylic acids is 4. The third-order valence-corrected chi connectivity index (χ3v) is 21.0. The van der Waals surface area contributed by atoms with Crippen molar-refractivity contribution in [2.45, 2.75) is 439 Å². The molecule has 588 valence electrons. The monoisotopic (exact) mass is 1450 g/mol. The van der Waals surface area contributed by atoms with E-state index in [0.29, 0.717) is 25.7 Å². The second-order valence-corrected chi connectivity index (χ2v) is 32.4. The highest BCUT2D eigenvalue weighted by molar-refractivity contribution is 7.47. The van der Waals surface area contributed by atoms with Crippen LogP contribution < -0.4 is 0 Å². The molecule has 0 spiro atoms. The van der Waals surface area contributed by atoms with Gasteiger partial charge in [-0.2, -0.15) is 0 Å². The summed E-state index contributed by atoms with van der Waals surface area (Å²) in [6.07, 6.45) is 61.0. The molecular formula is C80H156O17P2. The van der Waals surface area contributed by atoms with Crippen molar-refractivity contribution in [1.29, 1.82) is 0 Å². The molecule has 19 heteroatoms. The molecule has 3 N–H and O–H groups in total. The third kappa shape index (κ3) is 72.8. The van der Waals surface area contributed by atoms with Crippen molar-refractivity contribution in [3.8, 4) is 0 Å². The van der Waals surface area contributed by atoms with E-state index in [1.807, 2.05) is 0 Å². The first-order valence-electron chi connectivity index (χ1n) is 41.5. The van der Waals surface area contributed by atoms with Crippen molar-refractivity contribution in [3.05, 3.63) is 0 Å². The van der Waals surface area contributed by atoms with Gasteiger partial charge in [-0.1, -0.05) is 369 Å². The Labute approximate surface area is 607 Å². The molecular weight excluding hydrogens is 1290 g/mol. The van der Waals surface area contributed by atoms with Crippen molar-refractivity contribution in [2.24, 2.45) is 11.8 Å². The van der Waals surface area contributed by atoms with Crippen LogP contribution in [0.3, 0.4) is 0 Å². The highest BCUT2D eigenvalue weighted by Gasteiger charge is 2.30. The molecule has 0 radical (unpaired) electrons. The molecule has 17 nitrogen and oxygen atoms in total. The Bertz CT molecular complexity index is 1910. The second kappa shape index (κ2) is 71.7. The van der Waals surface area contributed by atoms with Gasteiger partial charge in [0.2, 0.25) is 0 Å². The molecule has 0 aliphatic carbocycles. The van der Waals surface area contributed by atoms with Crippen LogP contribution in [0.15, 0.2) is 0 Å². The molecule has 99 heavy (non-hydrogen) atoms. The van der Waals surface area contributed by atoms with Crippen LogP contribution in [0.5, 0.6) is 0 Å². The van der Waals surface area contributed by atoms with Crippen molar-refractivity contribution >= 4 is 39.5 Å². The molecule has 0 bridgehead atoms. The maximum absolute atomic E-state index is 13.1. The molecule has 0 aromatic carbocycles. The predicted molar refractivity (Wildman–Crippen MR) is 405 cm³/mol. The van der Waals surface area contributed by atoms with Crippen LogP contribution in [0.25, 0.3) is 0 Å². The fourth-order valence-electron chi connectivity index (χ4n) is 12.3. The van der Waals surface area contributed by atoms with Gasteiger partial charge in [-0.25, -0.2) is 9.13 Å². The number of esters is 4. The van der Waals surface area contributed by atoms with Crippen molar-refractivity contribution < 1.29 is 80.2 Å². The Kier molecular flexibility index (Phi) is 70.3. The summed E-state index contributed by atoms with van der Waals surface area (Å²) >= 11 is 0. The van der Waals surface area contributed by atoms with Crippen LogP contribution in [0, 0.1) is 11.8 Å². The minimum Gasteiger partial charge on any atom is -0.462 e. The lowest BCUT2D eigenvalue weighted by atomic mass is 10.00. The largest absolute Gasteiger partial charge is 0.472 e. The minimum atomic E-state index is -4.96. The number of unbranched alkanes of at least 4 members (excludes halogenated alkanes) is 48. The summed E-state index contributed by atoms with van der Waals surface area (Å²) < 4.78 is 68.7. The highest BCUT2D eigenvalue weighted by atomic mass is 31.2. The number of hydrogen-bond donors (Lipinski definition) is 3. The number of aliphatic hydroxyl groups excluding tert-OH is 1. The van der Waals surface area contributed by atoms with Gasteiger partial charge in [0.15, 0.2) is 12.2 Å². The van der Waals surface area contributed by atoms with Crippen LogP contribution in [0.4, 0.5) is 0 Å². The molecule has 0 fully saturated rings. The van der Waals surface area contributed by atoms with Crippen LogP contribution >= 0.6 is 15.6 Å². The van der Waals surface area contributed by atoms with Gasteiger partial charge < -0.3 is 33.8 Å². The zero-order chi connectivity index (χ0) is 72.8. The molecule has 3 unspecified atom stereocenters. The fraction of sp³-hybridized carbons (Fsp3) is 0.950. The van der Waals surface area contributed by atoms with E-state index in [4.69, 9.17) is 37.0 Å². The summed E-state index contributed by atoms with van der Waals surface area (Å²) in [6.45, 7) is 9.62. The summed E-state index contributed by atoms with van der Waals surface area (Å²) in [5.41, 5.74) is 0. The average Bonchev–Trinajstić information content (AvgIpc) is 1.63. The summed E-state index contributed by atoms with van der Waals surface area (Å²) in [7, 11) is -9.92. The lowest BCUT2D eigenvalue weighted by molar-refractivity contribution is -0.161. The Morgan fingerprint density at radius 1 is 0.293 bits per heavy atom. The third-order valence-electron chi connectivity index (χ3n) is 19.1. The van der Waals surface area contributed by atoms with Gasteiger partial charge in [-0.15, -0.1) is 0 Å². The molecule has 0 rings (SSSR count). The summed E-state index contributed by atoms with van der Waals surface area (Å²) in [5, 5.41) is 10.6. The number of phosphoric ester groups is 2. The van der Waals surface area contributed by atoms with Gasteiger partial charge in [0.05, 0.1) is 26.4 Å². The lowest BCUT2D eigenvalue weighted by Gasteiger charge is -2.21. The van der Waals surface area contributed by atoms with E-state index in [1.165, 1.54) is 231 Å². The van der Waals surface area contributed by atoms with Crippen LogP contribution in [-0.4, -0.2) is 96.7 Å². The predicted octanol–water partition coefficient (Wildman–Crippen LogP) is 23.9. The average molecular weight is 1450 g/mol. The lowest BCUT2D eigenvalue weighted by Crippen LogP contribution is -2.30. The number of carbonyl (C=O) groups is 4. The SMILES string of the molecule is CCCCCCCCCCCCCCCCCCCC(=O)O[C@H](COC(=O)CCCCCCCCCCCCCCCC(C)C)COP(=O)(O)OC[C@@H](O)COP(=O)(O)OC[C@@H](COC(=O)CCCCCCCCC(C)CC)OC(=O)CCCCCCCCCCCCCCCCCC. The zero-order valence-electron chi connectivity index (χ0n) is 64.8. The van der Waals surface area contributed by atoms with Crippen molar-refractivity contribution in [3.63, 3.8) is 0 Å². The van der Waals surface area contributed by atoms with Gasteiger partial charge in [0, 0.05) is 25.7 Å². The quantitative estimate of drug-likeness (QED) is 0.0222. The van der Waals surface area contributed by atoms with Gasteiger partial charge >= 0.3 is 39.5 Å². The fourth-order valence-corrected chi connectivity index (χ4v) is 13.9. The number of aliphatic hydroxyl groups is 1. The molecule has 0 aliphatic rings. The molecule has 0 aliphatic heterocycles. The number of phosphoric acid groups is 2. The standard InChI is InChI=1S/C80H156O17P2/c1-7-10-12-14-16-18-20-22-24-26-28-32-37-41-45-53-59-64-79(84)96-75(68-90-77(82)62-56-50-43-39-35-33-29-30-34-38-42-48-54-60-72(4)5)70-94-98(86,87)92-66-74(81)67-93-99(88,89)95-71-76(69-91-78(83)63-57-51-47-46-49-55-61-73(6)9-3)97-80(85)65-58-52-44-40-36-31-27-25-23-21-19-17-15-13-11-8-2/h72-76,81H,7-71H2,1-6H3,(H,86,87)(H,88,89)/t73?,74-,75-,76-/m1/s1. The Balaban J connectivity index is 5.25. The van der Waals surface area contributed by atoms with Gasteiger partial charge in [-0.05, 0) is 37.5 Å². The minimum absolute atomic E-state index is 0.108. The second-order valence-electron chi connectivity index (χ2n) is 29.5. The van der Waals surface area contributed by atoms with Gasteiger partial charge in [0.1, 0.15) is 19.3 Å². The van der Waals surface area contributed by atoms with E-state index in [9.17, 15) is 43.2 Å². The maximum Gasteiger partial charge on any atom is 0.472 e. The first-order valence-corrected chi connectivity index (χ1v) is 44.5. The summed E-state index contributed by atoms with van der Waals surface area (Å²) in [6, 6.07) is 0. The molecule has 6 atom stereocenters. The van der Waals surface area contributed by atoms with Gasteiger partial charge in [0.25, 0.3) is 0 Å². The first-order chi connectivity index (χ1) is 47.9. The van der Waals surface area contributed by atoms with Crippen LogP contribution in [0.2, 0.25) is 0 Å². The Morgan fingerprint density at radius 3 is 0.768 bits per heavy atom. The van der Waals surface area contributed by atoms with E-state index in [-0.39, 0.29) is 25.7 Å². The van der Waals surface area contributed by atoms with Crippen LogP contribution in [0.1, 0.15) is 420 Å². The van der Waals surface area contributed by atoms with Crippen molar-refractivity contribution in [2.75, 3.05) is 39.6 Å². The van der Waals surface area contributed by atoms with Gasteiger partial charge in [-0.3, -0.25) is 37.3 Å².